The van der Waals surface area contributed by atoms with Crippen molar-refractivity contribution in [1.82, 2.24) is 5.32 Å². The van der Waals surface area contributed by atoms with Gasteiger partial charge in [0.2, 0.25) is 5.91 Å². The Labute approximate surface area is 183 Å². The largest absolute Gasteiger partial charge is 0.352 e. The van der Waals surface area contributed by atoms with E-state index in [1.165, 1.54) is 30.8 Å². The number of nitrogens with one attached hydrogen (secondary N) is 2. The van der Waals surface area contributed by atoms with Crippen molar-refractivity contribution in [1.29, 1.82) is 0 Å². The van der Waals surface area contributed by atoms with Gasteiger partial charge in [-0.1, -0.05) is 35.5 Å². The number of benzene rings is 3. The van der Waals surface area contributed by atoms with E-state index in [1.54, 1.807) is 30.3 Å². The van der Waals surface area contributed by atoms with Crippen LogP contribution >= 0.6 is 23.4 Å². The molecule has 0 aliphatic rings. The van der Waals surface area contributed by atoms with Gasteiger partial charge in [-0.2, -0.15) is 0 Å². The molecule has 7 heteroatoms. The van der Waals surface area contributed by atoms with E-state index in [4.69, 9.17) is 11.6 Å². The van der Waals surface area contributed by atoms with E-state index in [0.29, 0.717) is 29.2 Å². The van der Waals surface area contributed by atoms with Crippen molar-refractivity contribution in [3.05, 3.63) is 88.7 Å². The van der Waals surface area contributed by atoms with Gasteiger partial charge in [-0.15, -0.1) is 0 Å². The lowest BCUT2D eigenvalue weighted by atomic mass is 10.1. The molecular formula is C23H20ClFN2O2S. The fraction of sp³-hybridized carbons (Fsp3) is 0.130. The molecule has 154 valence electrons. The number of carbonyl (C=O) groups is 2. The molecule has 0 saturated carbocycles. The van der Waals surface area contributed by atoms with Gasteiger partial charge in [0.1, 0.15) is 5.82 Å². The summed E-state index contributed by atoms with van der Waals surface area (Å²) in [4.78, 5) is 25.7. The van der Waals surface area contributed by atoms with Crippen LogP contribution in [-0.2, 0) is 11.2 Å². The number of rotatable bonds is 7. The monoisotopic (exact) mass is 442 g/mol. The van der Waals surface area contributed by atoms with Crippen LogP contribution in [0.4, 0.5) is 10.1 Å². The molecule has 4 nitrogen and oxygen atoms in total. The smallest absolute Gasteiger partial charge is 0.251 e. The fourth-order valence-electron chi connectivity index (χ4n) is 2.75. The molecule has 0 radical (unpaired) electrons. The van der Waals surface area contributed by atoms with E-state index in [9.17, 15) is 14.0 Å². The summed E-state index contributed by atoms with van der Waals surface area (Å²) in [6.45, 7) is 1.88. The number of hydrogen-bond donors (Lipinski definition) is 2. The van der Waals surface area contributed by atoms with Crippen LogP contribution in [0.1, 0.15) is 22.8 Å². The Morgan fingerprint density at radius 2 is 1.70 bits per heavy atom. The predicted molar refractivity (Wildman–Crippen MR) is 119 cm³/mol. The lowest BCUT2D eigenvalue weighted by Gasteiger charge is -2.12. The van der Waals surface area contributed by atoms with Crippen LogP contribution in [0.5, 0.6) is 0 Å². The highest BCUT2D eigenvalue weighted by Gasteiger charge is 2.12. The number of carbonyl (C=O) groups excluding carboxylic acids is 2. The van der Waals surface area contributed by atoms with E-state index in [-0.39, 0.29) is 17.6 Å². The van der Waals surface area contributed by atoms with Crippen LogP contribution in [0.15, 0.2) is 76.5 Å². The molecule has 3 aromatic rings. The van der Waals surface area contributed by atoms with E-state index in [0.717, 1.165) is 15.4 Å². The first kappa shape index (κ1) is 21.9. The summed E-state index contributed by atoms with van der Waals surface area (Å²) in [6, 6.07) is 18.7. The molecule has 0 atom stereocenters. The van der Waals surface area contributed by atoms with Crippen molar-refractivity contribution < 1.29 is 14.0 Å². The lowest BCUT2D eigenvalue weighted by Crippen LogP contribution is -2.25. The van der Waals surface area contributed by atoms with Gasteiger partial charge in [0, 0.05) is 33.8 Å². The van der Waals surface area contributed by atoms with Crippen molar-refractivity contribution in [3.8, 4) is 0 Å². The van der Waals surface area contributed by atoms with Crippen molar-refractivity contribution in [2.24, 2.45) is 0 Å². The topological polar surface area (TPSA) is 58.2 Å². The summed E-state index contributed by atoms with van der Waals surface area (Å²) in [7, 11) is 0. The highest BCUT2D eigenvalue weighted by Crippen LogP contribution is 2.34. The van der Waals surface area contributed by atoms with Crippen molar-refractivity contribution in [2.45, 2.75) is 23.1 Å². The maximum Gasteiger partial charge on any atom is 0.251 e. The first-order valence-electron chi connectivity index (χ1n) is 9.28. The molecule has 0 saturated heterocycles. The van der Waals surface area contributed by atoms with Crippen LogP contribution in [0, 0.1) is 5.82 Å². The van der Waals surface area contributed by atoms with E-state index in [2.05, 4.69) is 10.6 Å². The molecule has 0 aliphatic carbocycles. The Morgan fingerprint density at radius 3 is 2.37 bits per heavy atom. The first-order valence-corrected chi connectivity index (χ1v) is 10.5. The quantitative estimate of drug-likeness (QED) is 0.503. The van der Waals surface area contributed by atoms with E-state index < -0.39 is 0 Å². The zero-order valence-corrected chi connectivity index (χ0v) is 17.8. The van der Waals surface area contributed by atoms with Crippen LogP contribution in [-0.4, -0.2) is 18.4 Å². The normalized spacial score (nSPS) is 10.5. The Kier molecular flexibility index (Phi) is 7.49. The summed E-state index contributed by atoms with van der Waals surface area (Å²) in [5.74, 6) is -0.780. The minimum Gasteiger partial charge on any atom is -0.352 e. The molecule has 0 bridgehead atoms. The van der Waals surface area contributed by atoms with Crippen LogP contribution in [0.2, 0.25) is 5.02 Å². The third-order valence-electron chi connectivity index (χ3n) is 4.21. The minimum atomic E-state index is -0.313. The molecule has 2 N–H and O–H groups in total. The van der Waals surface area contributed by atoms with Gasteiger partial charge in [-0.25, -0.2) is 4.39 Å². The predicted octanol–water partition coefficient (Wildman–Crippen LogP) is 5.56. The molecular weight excluding hydrogens is 423 g/mol. The van der Waals surface area contributed by atoms with Gasteiger partial charge >= 0.3 is 0 Å². The Morgan fingerprint density at radius 1 is 1.00 bits per heavy atom. The van der Waals surface area contributed by atoms with Crippen LogP contribution < -0.4 is 10.6 Å². The van der Waals surface area contributed by atoms with Gasteiger partial charge in [0.05, 0.1) is 5.69 Å². The molecule has 0 unspecified atom stereocenters. The first-order chi connectivity index (χ1) is 14.4. The van der Waals surface area contributed by atoms with Crippen LogP contribution in [0.3, 0.4) is 0 Å². The van der Waals surface area contributed by atoms with Gasteiger partial charge in [-0.05, 0) is 66.6 Å². The second-order valence-electron chi connectivity index (χ2n) is 6.58. The zero-order chi connectivity index (χ0) is 21.5. The molecule has 2 amide bonds. The summed E-state index contributed by atoms with van der Waals surface area (Å²) in [5.41, 5.74) is 2.05. The van der Waals surface area contributed by atoms with Crippen molar-refractivity contribution in [2.75, 3.05) is 11.9 Å². The number of halogens is 2. The third-order valence-corrected chi connectivity index (χ3v) is 5.54. The summed E-state index contributed by atoms with van der Waals surface area (Å²) >= 11 is 7.26. The molecule has 0 aliphatic heterocycles. The SMILES string of the molecule is CC(=O)Nc1cc(C(=O)NCCc2ccc(Cl)cc2)ccc1Sc1ccc(F)cc1. The minimum absolute atomic E-state index is 0.228. The van der Waals surface area contributed by atoms with Crippen molar-refractivity contribution in [3.63, 3.8) is 0 Å². The maximum absolute atomic E-state index is 13.1. The Bertz CT molecular complexity index is 1040. The summed E-state index contributed by atoms with van der Waals surface area (Å²) < 4.78 is 13.1. The van der Waals surface area contributed by atoms with Crippen LogP contribution in [0.25, 0.3) is 0 Å². The van der Waals surface area contributed by atoms with Crippen molar-refractivity contribution >= 4 is 40.9 Å². The highest BCUT2D eigenvalue weighted by molar-refractivity contribution is 7.99. The number of amides is 2. The Hall–Kier alpha value is -2.83. The molecule has 0 aromatic heterocycles. The van der Waals surface area contributed by atoms with E-state index in [1.807, 2.05) is 24.3 Å². The second-order valence-corrected chi connectivity index (χ2v) is 8.13. The molecule has 0 spiro atoms. The van der Waals surface area contributed by atoms with Gasteiger partial charge in [-0.3, -0.25) is 9.59 Å². The fourth-order valence-corrected chi connectivity index (χ4v) is 3.76. The molecule has 0 heterocycles. The third kappa shape index (κ3) is 6.34. The van der Waals surface area contributed by atoms with Gasteiger partial charge < -0.3 is 10.6 Å². The van der Waals surface area contributed by atoms with Gasteiger partial charge in [0.15, 0.2) is 0 Å². The number of anilines is 1. The second kappa shape index (κ2) is 10.3. The summed E-state index contributed by atoms with van der Waals surface area (Å²) in [5, 5.41) is 6.32. The molecule has 3 rings (SSSR count). The highest BCUT2D eigenvalue weighted by atomic mass is 35.5. The Balaban J connectivity index is 1.69. The maximum atomic E-state index is 13.1. The molecule has 0 fully saturated rings. The standard InChI is InChI=1S/C23H20ClFN2O2S/c1-15(28)27-21-14-17(4-11-22(21)30-20-9-7-19(25)8-10-20)23(29)26-13-12-16-2-5-18(24)6-3-16/h2-11,14H,12-13H2,1H3,(H,26,29)(H,27,28). The average Bonchev–Trinajstić information content (AvgIpc) is 2.72. The molecule has 3 aromatic carbocycles. The van der Waals surface area contributed by atoms with E-state index >= 15 is 0 Å². The average molecular weight is 443 g/mol. The van der Waals surface area contributed by atoms with Gasteiger partial charge in [0.25, 0.3) is 5.91 Å². The lowest BCUT2D eigenvalue weighted by molar-refractivity contribution is -0.114. The molecule has 30 heavy (non-hydrogen) atoms. The number of hydrogen-bond acceptors (Lipinski definition) is 3. The zero-order valence-electron chi connectivity index (χ0n) is 16.2. The summed E-state index contributed by atoms with van der Waals surface area (Å²) in [6.07, 6.45) is 0.681.